The van der Waals surface area contributed by atoms with Crippen LogP contribution in [0.4, 0.5) is 0 Å². The van der Waals surface area contributed by atoms with E-state index in [-0.39, 0.29) is 64.2 Å². The van der Waals surface area contributed by atoms with Crippen molar-refractivity contribution in [3.63, 3.8) is 0 Å². The highest BCUT2D eigenvalue weighted by atomic mass is 16.7. The summed E-state index contributed by atoms with van der Waals surface area (Å²) in [5, 5.41) is 42.7. The maximum Gasteiger partial charge on any atom is 0.302 e. The molecule has 47 heavy (non-hydrogen) atoms. The second-order valence-electron chi connectivity index (χ2n) is 18.0. The summed E-state index contributed by atoms with van der Waals surface area (Å²) in [6.45, 7) is 16.2. The molecule has 15 atom stereocenters. The second kappa shape index (κ2) is 10.6. The lowest BCUT2D eigenvalue weighted by Crippen LogP contribution is -2.58. The quantitative estimate of drug-likeness (QED) is 0.181. The molecule has 2 saturated heterocycles. The lowest BCUT2D eigenvalue weighted by atomic mass is 9.44. The van der Waals surface area contributed by atoms with Gasteiger partial charge >= 0.3 is 5.97 Å². The fourth-order valence-corrected chi connectivity index (χ4v) is 12.4. The SMILES string of the molecule is CC(=O)O[C@H](C[C@@H](C)[C@H]1C(=O)[C@H](O)[C@@]2(C)C3=CC[C@H]4C(C)(C)[C@@H](O[C@@H]5OC[C@H](O)[C@H](O)[C@H]5O)CC[C@@]45C[C@@]35CC[C@]12C)[C@@H]1OC1(C)C. The number of aliphatic hydroxyl groups excluding tert-OH is 4. The zero-order valence-electron chi connectivity index (χ0n) is 29.3. The molecule has 0 aromatic rings. The number of hydrogen-bond donors (Lipinski definition) is 4. The van der Waals surface area contributed by atoms with Crippen molar-refractivity contribution in [1.29, 1.82) is 0 Å². The number of hydrogen-bond acceptors (Lipinski definition) is 10. The molecule has 5 aliphatic carbocycles. The van der Waals surface area contributed by atoms with E-state index in [1.54, 1.807) is 0 Å². The molecule has 0 bridgehead atoms. The van der Waals surface area contributed by atoms with Crippen LogP contribution in [-0.4, -0.2) is 93.4 Å². The van der Waals surface area contributed by atoms with Gasteiger partial charge in [-0.2, -0.15) is 0 Å². The third-order valence-corrected chi connectivity index (χ3v) is 15.0. The number of Topliss-reactive ketones (excluding diaryl/α,β-unsaturated/α-hetero) is 1. The lowest BCUT2D eigenvalue weighted by molar-refractivity contribution is -0.300. The van der Waals surface area contributed by atoms with Crippen molar-refractivity contribution in [2.75, 3.05) is 6.61 Å². The van der Waals surface area contributed by atoms with Gasteiger partial charge in [-0.15, -0.1) is 0 Å². The summed E-state index contributed by atoms with van der Waals surface area (Å²) in [5.41, 5.74) is -0.534. The fourth-order valence-electron chi connectivity index (χ4n) is 12.4. The smallest absolute Gasteiger partial charge is 0.302 e. The van der Waals surface area contributed by atoms with E-state index in [2.05, 4.69) is 40.7 Å². The Hall–Kier alpha value is -1.40. The second-order valence-corrected chi connectivity index (χ2v) is 18.0. The number of ketones is 1. The van der Waals surface area contributed by atoms with Crippen LogP contribution in [0.1, 0.15) is 100 Å². The number of allylic oxidation sites excluding steroid dienone is 1. The van der Waals surface area contributed by atoms with E-state index in [0.29, 0.717) is 12.3 Å². The normalized spacial score (nSPS) is 51.8. The molecule has 0 aromatic heterocycles. The van der Waals surface area contributed by atoms with Gasteiger partial charge < -0.3 is 39.4 Å². The van der Waals surface area contributed by atoms with Gasteiger partial charge in [0.2, 0.25) is 0 Å². The molecule has 4 N–H and O–H groups in total. The van der Waals surface area contributed by atoms with E-state index >= 15 is 0 Å². The number of carbonyl (C=O) groups is 2. The van der Waals surface area contributed by atoms with Crippen LogP contribution in [0.5, 0.6) is 0 Å². The molecule has 0 amide bonds. The summed E-state index contributed by atoms with van der Waals surface area (Å²) < 4.78 is 23.7. The summed E-state index contributed by atoms with van der Waals surface area (Å²) in [4.78, 5) is 26.3. The molecule has 2 spiro atoms. The maximum atomic E-state index is 14.2. The number of ether oxygens (including phenoxy) is 4. The molecule has 0 unspecified atom stereocenters. The summed E-state index contributed by atoms with van der Waals surface area (Å²) in [5.74, 6) is -0.632. The third kappa shape index (κ3) is 4.47. The summed E-state index contributed by atoms with van der Waals surface area (Å²) in [6.07, 6.45) is 1.49. The number of esters is 1. The number of fused-ring (bicyclic) bond motifs is 2. The highest BCUT2D eigenvalue weighted by molar-refractivity contribution is 5.91. The Morgan fingerprint density at radius 1 is 1.04 bits per heavy atom. The van der Waals surface area contributed by atoms with Gasteiger partial charge in [0.1, 0.15) is 36.6 Å². The third-order valence-electron chi connectivity index (χ3n) is 15.0. The van der Waals surface area contributed by atoms with Crippen LogP contribution in [-0.2, 0) is 28.5 Å². The molecule has 0 radical (unpaired) electrons. The minimum absolute atomic E-state index is 0.0499. The highest BCUT2D eigenvalue weighted by Gasteiger charge is 2.82. The monoisotopic (exact) mass is 660 g/mol. The summed E-state index contributed by atoms with van der Waals surface area (Å²) >= 11 is 0. The zero-order valence-corrected chi connectivity index (χ0v) is 29.3. The van der Waals surface area contributed by atoms with Crippen molar-refractivity contribution in [2.24, 2.45) is 44.8 Å². The van der Waals surface area contributed by atoms with Crippen LogP contribution >= 0.6 is 0 Å². The predicted octanol–water partition coefficient (Wildman–Crippen LogP) is 3.45. The maximum absolute atomic E-state index is 14.2. The van der Waals surface area contributed by atoms with Gasteiger partial charge in [0.05, 0.1) is 18.3 Å². The largest absolute Gasteiger partial charge is 0.460 e. The molecule has 2 aliphatic heterocycles. The van der Waals surface area contributed by atoms with E-state index in [0.717, 1.165) is 38.5 Å². The van der Waals surface area contributed by atoms with Crippen LogP contribution in [0, 0.1) is 44.8 Å². The van der Waals surface area contributed by atoms with Crippen molar-refractivity contribution < 1.29 is 49.0 Å². The summed E-state index contributed by atoms with van der Waals surface area (Å²) in [7, 11) is 0. The number of epoxide rings is 1. The van der Waals surface area contributed by atoms with Crippen molar-refractivity contribution in [3.05, 3.63) is 11.6 Å². The van der Waals surface area contributed by atoms with E-state index in [9.17, 15) is 30.0 Å². The van der Waals surface area contributed by atoms with Gasteiger partial charge in [0.15, 0.2) is 12.1 Å². The number of rotatable bonds is 7. The van der Waals surface area contributed by atoms with Crippen LogP contribution in [0.15, 0.2) is 11.6 Å². The lowest BCUT2D eigenvalue weighted by Gasteiger charge is -2.60. The van der Waals surface area contributed by atoms with Gasteiger partial charge in [-0.3, -0.25) is 9.59 Å². The van der Waals surface area contributed by atoms with Crippen LogP contribution in [0.3, 0.4) is 0 Å². The predicted molar refractivity (Wildman–Crippen MR) is 170 cm³/mol. The zero-order chi connectivity index (χ0) is 34.3. The Morgan fingerprint density at radius 3 is 2.36 bits per heavy atom. The molecular formula is C37H56O10. The van der Waals surface area contributed by atoms with Gasteiger partial charge in [-0.1, -0.05) is 46.3 Å². The number of carbonyl (C=O) groups excluding carboxylic acids is 2. The molecule has 7 rings (SSSR count). The standard InChI is InChI=1S/C37H56O10/c1-18(15-21(45-19(2)38)30-33(5,6)47-30)25-27(41)29(43)35(8)23-10-9-22-32(3,4)24(46-31-28(42)26(40)20(39)16-44-31)11-12-36(22)17-37(23,36)14-13-34(25,35)7/h10,18,20-22,24-26,28-31,39-40,42-43H,9,11-17H2,1-8H3/t18-,20+,21-,22+,24+,25+,26+,28-,29+,30+,31+,34-,35-,36-,37+/m1/s1. The van der Waals surface area contributed by atoms with E-state index < -0.39 is 47.6 Å². The molecule has 264 valence electrons. The molecule has 7 aliphatic rings. The first-order valence-electron chi connectivity index (χ1n) is 17.9. The Bertz CT molecular complexity index is 1360. The first-order chi connectivity index (χ1) is 21.8. The van der Waals surface area contributed by atoms with Gasteiger partial charge in [0.25, 0.3) is 0 Å². The Morgan fingerprint density at radius 2 is 1.72 bits per heavy atom. The molecule has 0 aromatic carbocycles. The van der Waals surface area contributed by atoms with E-state index in [4.69, 9.17) is 18.9 Å². The van der Waals surface area contributed by atoms with Crippen molar-refractivity contribution in [3.8, 4) is 0 Å². The molecule has 2 heterocycles. The van der Waals surface area contributed by atoms with Gasteiger partial charge in [0, 0.05) is 18.3 Å². The van der Waals surface area contributed by atoms with Crippen molar-refractivity contribution in [2.45, 2.75) is 155 Å². The van der Waals surface area contributed by atoms with Crippen LogP contribution in [0.25, 0.3) is 0 Å². The van der Waals surface area contributed by atoms with Crippen molar-refractivity contribution in [1.82, 2.24) is 0 Å². The summed E-state index contributed by atoms with van der Waals surface area (Å²) in [6, 6.07) is 0. The highest BCUT2D eigenvalue weighted by Crippen LogP contribution is 2.87. The molecular weight excluding hydrogens is 604 g/mol. The topological polar surface area (TPSA) is 155 Å². The molecule has 10 heteroatoms. The minimum Gasteiger partial charge on any atom is -0.460 e. The fraction of sp³-hybridized carbons (Fsp3) is 0.892. The molecule has 6 fully saturated rings. The molecule has 4 saturated carbocycles. The van der Waals surface area contributed by atoms with Gasteiger partial charge in [-0.05, 0) is 92.3 Å². The van der Waals surface area contributed by atoms with Crippen molar-refractivity contribution >= 4 is 11.8 Å². The average Bonchev–Trinajstić information content (AvgIpc) is 3.84. The Labute approximate surface area is 278 Å². The van der Waals surface area contributed by atoms with Crippen LogP contribution in [0.2, 0.25) is 0 Å². The van der Waals surface area contributed by atoms with E-state index in [1.165, 1.54) is 12.5 Å². The van der Waals surface area contributed by atoms with E-state index in [1.807, 2.05) is 13.8 Å². The molecule has 10 nitrogen and oxygen atoms in total. The Kier molecular flexibility index (Phi) is 7.65. The van der Waals surface area contributed by atoms with Gasteiger partial charge in [-0.25, -0.2) is 0 Å². The first kappa shape index (κ1) is 34.1. The number of aliphatic hydroxyl groups is 4. The average molecular weight is 661 g/mol. The minimum atomic E-state index is -1.32. The van der Waals surface area contributed by atoms with Crippen LogP contribution < -0.4 is 0 Å². The Balaban J connectivity index is 1.15. The first-order valence-corrected chi connectivity index (χ1v) is 17.9.